The molecule has 2 aromatic rings. The minimum atomic E-state index is 0.780. The number of anilines is 1. The number of nitrogens with one attached hydrogen (secondary N) is 1. The molecule has 0 aliphatic rings. The molecule has 20 heavy (non-hydrogen) atoms. The lowest BCUT2D eigenvalue weighted by atomic mass is 10.1. The molecule has 0 aliphatic heterocycles. The molecule has 106 valence electrons. The van der Waals surface area contributed by atoms with E-state index in [1.54, 1.807) is 14.2 Å². The van der Waals surface area contributed by atoms with Crippen LogP contribution in [-0.2, 0) is 6.54 Å². The minimum absolute atomic E-state index is 0.780. The average Bonchev–Trinajstić information content (AvgIpc) is 2.46. The molecule has 0 heterocycles. The van der Waals surface area contributed by atoms with E-state index in [-0.39, 0.29) is 0 Å². The van der Waals surface area contributed by atoms with Crippen molar-refractivity contribution in [1.82, 2.24) is 0 Å². The molecule has 0 unspecified atom stereocenters. The van der Waals surface area contributed by atoms with Gasteiger partial charge in [0.25, 0.3) is 0 Å². The van der Waals surface area contributed by atoms with Crippen molar-refractivity contribution in [3.05, 3.63) is 53.1 Å². The van der Waals surface area contributed by atoms with Crippen molar-refractivity contribution >= 4 is 5.69 Å². The maximum absolute atomic E-state index is 5.27. The highest BCUT2D eigenvalue weighted by molar-refractivity contribution is 5.54. The van der Waals surface area contributed by atoms with Gasteiger partial charge in [0.2, 0.25) is 0 Å². The van der Waals surface area contributed by atoms with E-state index in [1.807, 2.05) is 18.2 Å². The Kier molecular flexibility index (Phi) is 4.51. The highest BCUT2D eigenvalue weighted by Crippen LogP contribution is 2.26. The number of benzene rings is 2. The van der Waals surface area contributed by atoms with Crippen LogP contribution in [0.1, 0.15) is 16.7 Å². The number of methoxy groups -OCH3 is 2. The first-order chi connectivity index (χ1) is 9.62. The maximum atomic E-state index is 5.27. The Labute approximate surface area is 120 Å². The molecule has 0 saturated carbocycles. The first-order valence-corrected chi connectivity index (χ1v) is 6.65. The van der Waals surface area contributed by atoms with E-state index in [9.17, 15) is 0 Å². The van der Waals surface area contributed by atoms with Gasteiger partial charge in [0.1, 0.15) is 11.5 Å². The fraction of sp³-hybridized carbons (Fsp3) is 0.294. The molecule has 0 amide bonds. The fourth-order valence-electron chi connectivity index (χ4n) is 2.15. The van der Waals surface area contributed by atoms with Gasteiger partial charge in [-0.05, 0) is 25.0 Å². The predicted octanol–water partition coefficient (Wildman–Crippen LogP) is 3.93. The number of hydrogen-bond acceptors (Lipinski definition) is 3. The van der Waals surface area contributed by atoms with Gasteiger partial charge in [-0.2, -0.15) is 0 Å². The topological polar surface area (TPSA) is 30.5 Å². The van der Waals surface area contributed by atoms with Gasteiger partial charge in [0, 0.05) is 30.4 Å². The van der Waals surface area contributed by atoms with Crippen LogP contribution in [0.5, 0.6) is 11.5 Å². The zero-order valence-electron chi connectivity index (χ0n) is 12.5. The molecule has 3 heteroatoms. The van der Waals surface area contributed by atoms with Crippen molar-refractivity contribution in [1.29, 1.82) is 0 Å². The van der Waals surface area contributed by atoms with Crippen LogP contribution in [0.3, 0.4) is 0 Å². The van der Waals surface area contributed by atoms with Crippen LogP contribution < -0.4 is 14.8 Å². The average molecular weight is 271 g/mol. The molecule has 0 aromatic heterocycles. The highest BCUT2D eigenvalue weighted by atomic mass is 16.5. The third-order valence-corrected chi connectivity index (χ3v) is 3.33. The molecule has 1 N–H and O–H groups in total. The largest absolute Gasteiger partial charge is 0.497 e. The van der Waals surface area contributed by atoms with Crippen LogP contribution in [-0.4, -0.2) is 14.2 Å². The van der Waals surface area contributed by atoms with Crippen molar-refractivity contribution in [2.45, 2.75) is 20.4 Å². The molecular weight excluding hydrogens is 250 g/mol. The fourth-order valence-corrected chi connectivity index (χ4v) is 2.15. The third-order valence-electron chi connectivity index (χ3n) is 3.33. The third kappa shape index (κ3) is 3.44. The van der Waals surface area contributed by atoms with Crippen LogP contribution in [0.4, 0.5) is 5.69 Å². The summed E-state index contributed by atoms with van der Waals surface area (Å²) in [4.78, 5) is 0. The predicted molar refractivity (Wildman–Crippen MR) is 82.8 cm³/mol. The van der Waals surface area contributed by atoms with Gasteiger partial charge in [0.05, 0.1) is 14.2 Å². The first kappa shape index (κ1) is 14.3. The van der Waals surface area contributed by atoms with Crippen LogP contribution >= 0.6 is 0 Å². The van der Waals surface area contributed by atoms with Crippen LogP contribution in [0.15, 0.2) is 36.4 Å². The Balaban J connectivity index is 2.13. The SMILES string of the molecule is COc1cc(NCc2ccc(C)cc2C)cc(OC)c1. The summed E-state index contributed by atoms with van der Waals surface area (Å²) in [6.45, 7) is 5.02. The van der Waals surface area contributed by atoms with Crippen LogP contribution in [0, 0.1) is 13.8 Å². The number of rotatable bonds is 5. The van der Waals surface area contributed by atoms with Crippen molar-refractivity contribution in [3.8, 4) is 11.5 Å². The highest BCUT2D eigenvalue weighted by Gasteiger charge is 2.03. The second-order valence-electron chi connectivity index (χ2n) is 4.88. The van der Waals surface area contributed by atoms with Gasteiger partial charge >= 0.3 is 0 Å². The van der Waals surface area contributed by atoms with Gasteiger partial charge < -0.3 is 14.8 Å². The standard InChI is InChI=1S/C17H21NO2/c1-12-5-6-14(13(2)7-12)11-18-15-8-16(19-3)10-17(9-15)20-4/h5-10,18H,11H2,1-4H3. The van der Waals surface area contributed by atoms with E-state index in [2.05, 4.69) is 37.4 Å². The second kappa shape index (κ2) is 6.33. The van der Waals surface area contributed by atoms with Gasteiger partial charge in [-0.1, -0.05) is 23.8 Å². The molecule has 2 aromatic carbocycles. The van der Waals surface area contributed by atoms with Crippen molar-refractivity contribution in [3.63, 3.8) is 0 Å². The lowest BCUT2D eigenvalue weighted by Crippen LogP contribution is -2.02. The van der Waals surface area contributed by atoms with Gasteiger partial charge in [-0.25, -0.2) is 0 Å². The van der Waals surface area contributed by atoms with E-state index in [0.717, 1.165) is 23.7 Å². The molecule has 0 aliphatic carbocycles. The summed E-state index contributed by atoms with van der Waals surface area (Å²) < 4.78 is 10.5. The van der Waals surface area contributed by atoms with E-state index in [1.165, 1.54) is 16.7 Å². The quantitative estimate of drug-likeness (QED) is 0.893. The Morgan fingerprint density at radius 3 is 2.10 bits per heavy atom. The summed E-state index contributed by atoms with van der Waals surface area (Å²) in [5.74, 6) is 1.57. The minimum Gasteiger partial charge on any atom is -0.497 e. The van der Waals surface area contributed by atoms with Gasteiger partial charge in [-0.15, -0.1) is 0 Å². The number of hydrogen-bond donors (Lipinski definition) is 1. The lowest BCUT2D eigenvalue weighted by Gasteiger charge is -2.12. The number of aryl methyl sites for hydroxylation is 2. The molecule has 0 spiro atoms. The molecule has 0 fully saturated rings. The Morgan fingerprint density at radius 2 is 1.55 bits per heavy atom. The maximum Gasteiger partial charge on any atom is 0.124 e. The van der Waals surface area contributed by atoms with Crippen LogP contribution in [0.2, 0.25) is 0 Å². The summed E-state index contributed by atoms with van der Waals surface area (Å²) in [7, 11) is 3.31. The summed E-state index contributed by atoms with van der Waals surface area (Å²) in [5, 5.41) is 3.41. The number of ether oxygens (including phenoxy) is 2. The molecule has 0 radical (unpaired) electrons. The first-order valence-electron chi connectivity index (χ1n) is 6.65. The molecule has 3 nitrogen and oxygen atoms in total. The van der Waals surface area contributed by atoms with Gasteiger partial charge in [-0.3, -0.25) is 0 Å². The monoisotopic (exact) mass is 271 g/mol. The zero-order valence-corrected chi connectivity index (χ0v) is 12.5. The zero-order chi connectivity index (χ0) is 14.5. The van der Waals surface area contributed by atoms with E-state index in [0.29, 0.717) is 0 Å². The smallest absolute Gasteiger partial charge is 0.124 e. The van der Waals surface area contributed by atoms with Gasteiger partial charge in [0.15, 0.2) is 0 Å². The van der Waals surface area contributed by atoms with Crippen molar-refractivity contribution in [2.24, 2.45) is 0 Å². The van der Waals surface area contributed by atoms with Crippen LogP contribution in [0.25, 0.3) is 0 Å². The summed E-state index contributed by atoms with van der Waals surface area (Å²) in [6, 6.07) is 12.3. The summed E-state index contributed by atoms with van der Waals surface area (Å²) in [5.41, 5.74) is 4.86. The second-order valence-corrected chi connectivity index (χ2v) is 4.88. The van der Waals surface area contributed by atoms with E-state index >= 15 is 0 Å². The molecular formula is C17H21NO2. The lowest BCUT2D eigenvalue weighted by molar-refractivity contribution is 0.394. The Morgan fingerprint density at radius 1 is 0.900 bits per heavy atom. The molecule has 0 saturated heterocycles. The summed E-state index contributed by atoms with van der Waals surface area (Å²) >= 11 is 0. The summed E-state index contributed by atoms with van der Waals surface area (Å²) in [6.07, 6.45) is 0. The van der Waals surface area contributed by atoms with E-state index in [4.69, 9.17) is 9.47 Å². The van der Waals surface area contributed by atoms with Crippen molar-refractivity contribution in [2.75, 3.05) is 19.5 Å². The Bertz CT molecular complexity index is 571. The molecule has 2 rings (SSSR count). The van der Waals surface area contributed by atoms with E-state index < -0.39 is 0 Å². The Hall–Kier alpha value is -2.16. The normalized spacial score (nSPS) is 10.2. The molecule has 0 bridgehead atoms. The molecule has 0 atom stereocenters. The van der Waals surface area contributed by atoms with Crippen molar-refractivity contribution < 1.29 is 9.47 Å².